The zero-order valence-electron chi connectivity index (χ0n) is 18.7. The van der Waals surface area contributed by atoms with E-state index in [-0.39, 0.29) is 11.3 Å². The highest BCUT2D eigenvalue weighted by Crippen LogP contribution is 2.29. The molecule has 0 bridgehead atoms. The average Bonchev–Trinajstić information content (AvgIpc) is 2.77. The normalized spacial score (nSPS) is 12.6. The first-order chi connectivity index (χ1) is 15.2. The predicted molar refractivity (Wildman–Crippen MR) is 131 cm³/mol. The Morgan fingerprint density at radius 1 is 0.844 bits per heavy atom. The molecule has 0 aromatic heterocycles. The van der Waals surface area contributed by atoms with Gasteiger partial charge in [-0.3, -0.25) is 9.59 Å². The molecule has 0 aliphatic carbocycles. The summed E-state index contributed by atoms with van der Waals surface area (Å²) in [6.07, 6.45) is 0.322. The maximum absolute atomic E-state index is 12.9. The highest BCUT2D eigenvalue weighted by atomic mass is 16.2. The van der Waals surface area contributed by atoms with Crippen LogP contribution in [-0.4, -0.2) is 17.9 Å². The molecule has 4 aromatic carbocycles. The number of rotatable bonds is 5. The van der Waals surface area contributed by atoms with Gasteiger partial charge in [-0.25, -0.2) is 0 Å². The molecule has 1 atom stereocenters. The van der Waals surface area contributed by atoms with E-state index in [0.717, 1.165) is 32.7 Å². The molecule has 0 saturated heterocycles. The van der Waals surface area contributed by atoms with Gasteiger partial charge in [0.15, 0.2) is 0 Å². The zero-order chi connectivity index (χ0) is 22.9. The zero-order valence-corrected chi connectivity index (χ0v) is 18.7. The van der Waals surface area contributed by atoms with Crippen LogP contribution in [0.5, 0.6) is 0 Å². The molecule has 0 heterocycles. The van der Waals surface area contributed by atoms with E-state index in [4.69, 9.17) is 5.73 Å². The number of carbonyl (C=O) groups is 2. The number of hydrogen-bond donors (Lipinski definition) is 2. The summed E-state index contributed by atoms with van der Waals surface area (Å²) in [5.41, 5.74) is 8.38. The Labute approximate surface area is 188 Å². The third kappa shape index (κ3) is 4.35. The smallest absolute Gasteiger partial charge is 0.251 e. The van der Waals surface area contributed by atoms with Gasteiger partial charge >= 0.3 is 0 Å². The van der Waals surface area contributed by atoms with Crippen LogP contribution in [-0.2, 0) is 16.6 Å². The van der Waals surface area contributed by atoms with Crippen molar-refractivity contribution in [3.63, 3.8) is 0 Å². The van der Waals surface area contributed by atoms with Gasteiger partial charge in [0, 0.05) is 12.0 Å². The van der Waals surface area contributed by atoms with Gasteiger partial charge in [-0.05, 0) is 56.3 Å². The van der Waals surface area contributed by atoms with Crippen molar-refractivity contribution < 1.29 is 9.59 Å². The van der Waals surface area contributed by atoms with Crippen LogP contribution in [0.1, 0.15) is 42.3 Å². The van der Waals surface area contributed by atoms with Crippen molar-refractivity contribution in [1.29, 1.82) is 0 Å². The van der Waals surface area contributed by atoms with Crippen LogP contribution in [0.15, 0.2) is 78.9 Å². The van der Waals surface area contributed by atoms with Crippen LogP contribution in [0.4, 0.5) is 0 Å². The van der Waals surface area contributed by atoms with Crippen molar-refractivity contribution in [2.45, 2.75) is 38.6 Å². The Hall–Kier alpha value is -3.66. The van der Waals surface area contributed by atoms with Gasteiger partial charge in [-0.15, -0.1) is 0 Å². The molecule has 0 saturated carbocycles. The Morgan fingerprint density at radius 3 is 1.88 bits per heavy atom. The fourth-order valence-electron chi connectivity index (χ4n) is 4.12. The lowest BCUT2D eigenvalue weighted by Gasteiger charge is -2.20. The number of nitrogens with one attached hydrogen (secondary N) is 1. The van der Waals surface area contributed by atoms with E-state index in [2.05, 4.69) is 44.3 Å². The molecule has 4 nitrogen and oxygen atoms in total. The molecular weight excluding hydrogens is 396 g/mol. The van der Waals surface area contributed by atoms with Crippen LogP contribution in [0.2, 0.25) is 0 Å². The average molecular weight is 425 g/mol. The van der Waals surface area contributed by atoms with E-state index in [1.807, 2.05) is 48.5 Å². The van der Waals surface area contributed by atoms with E-state index in [1.54, 1.807) is 12.1 Å². The summed E-state index contributed by atoms with van der Waals surface area (Å²) in [4.78, 5) is 25.3. The number of benzene rings is 4. The largest absolute Gasteiger partial charge is 0.368 e. The first kappa shape index (κ1) is 21.6. The number of hydrogen-bond acceptors (Lipinski definition) is 2. The SMILES string of the molecule is CC(C)(C)c1ccc(C(=O)N[C@@H](Cc2c3ccccc3cc3ccccc23)C(N)=O)cc1. The second-order valence-electron chi connectivity index (χ2n) is 9.26. The van der Waals surface area contributed by atoms with Crippen LogP contribution >= 0.6 is 0 Å². The quantitative estimate of drug-likeness (QED) is 0.437. The molecule has 4 rings (SSSR count). The van der Waals surface area contributed by atoms with Crippen molar-refractivity contribution in [3.8, 4) is 0 Å². The fraction of sp³-hybridized carbons (Fsp3) is 0.214. The lowest BCUT2D eigenvalue weighted by atomic mass is 9.86. The summed E-state index contributed by atoms with van der Waals surface area (Å²) in [5.74, 6) is -0.861. The van der Waals surface area contributed by atoms with Gasteiger partial charge < -0.3 is 11.1 Å². The van der Waals surface area contributed by atoms with E-state index < -0.39 is 11.9 Å². The highest BCUT2D eigenvalue weighted by Gasteiger charge is 2.22. The summed E-state index contributed by atoms with van der Waals surface area (Å²) in [7, 11) is 0. The Morgan fingerprint density at radius 2 is 1.38 bits per heavy atom. The number of carbonyl (C=O) groups excluding carboxylic acids is 2. The van der Waals surface area contributed by atoms with Crippen molar-refractivity contribution in [2.24, 2.45) is 5.73 Å². The second-order valence-corrected chi connectivity index (χ2v) is 9.26. The predicted octanol–water partition coefficient (Wildman–Crippen LogP) is 5.12. The molecule has 4 aromatic rings. The molecule has 0 spiro atoms. The molecule has 3 N–H and O–H groups in total. The maximum atomic E-state index is 12.9. The molecule has 0 unspecified atom stereocenters. The first-order valence-corrected chi connectivity index (χ1v) is 10.8. The Balaban J connectivity index is 1.66. The van der Waals surface area contributed by atoms with Crippen molar-refractivity contribution in [3.05, 3.63) is 95.6 Å². The molecule has 0 radical (unpaired) electrons. The van der Waals surface area contributed by atoms with E-state index in [1.165, 1.54) is 0 Å². The monoisotopic (exact) mass is 424 g/mol. The topological polar surface area (TPSA) is 72.2 Å². The Kier molecular flexibility index (Phi) is 5.70. The molecule has 0 fully saturated rings. The van der Waals surface area contributed by atoms with Gasteiger partial charge in [0.05, 0.1) is 0 Å². The summed E-state index contributed by atoms with van der Waals surface area (Å²) >= 11 is 0. The van der Waals surface area contributed by atoms with Crippen molar-refractivity contribution in [1.82, 2.24) is 5.32 Å². The molecule has 4 heteroatoms. The Bertz CT molecular complexity index is 1250. The maximum Gasteiger partial charge on any atom is 0.251 e. The molecule has 0 aliphatic heterocycles. The summed E-state index contributed by atoms with van der Waals surface area (Å²) in [6, 6.07) is 25.0. The van der Waals surface area contributed by atoms with E-state index in [9.17, 15) is 9.59 Å². The number of fused-ring (bicyclic) bond motifs is 2. The van der Waals surface area contributed by atoms with Gasteiger partial charge in [-0.1, -0.05) is 81.4 Å². The van der Waals surface area contributed by atoms with Gasteiger partial charge in [0.1, 0.15) is 6.04 Å². The molecule has 0 aliphatic rings. The summed E-state index contributed by atoms with van der Waals surface area (Å²) in [5, 5.41) is 7.15. The van der Waals surface area contributed by atoms with E-state index >= 15 is 0 Å². The summed E-state index contributed by atoms with van der Waals surface area (Å²) in [6.45, 7) is 6.37. The standard InChI is InChI=1S/C28H28N2O2/c1-28(2,3)21-14-12-18(13-15-21)27(32)30-25(26(29)31)17-24-22-10-6-4-8-19(22)16-20-9-5-7-11-23(20)24/h4-16,25H,17H2,1-3H3,(H2,29,31)(H,30,32)/t25-/m0/s1. The summed E-state index contributed by atoms with van der Waals surface area (Å²) < 4.78 is 0. The second kappa shape index (κ2) is 8.46. The minimum Gasteiger partial charge on any atom is -0.368 e. The molecule has 2 amide bonds. The number of nitrogens with two attached hydrogens (primary N) is 1. The third-order valence-corrected chi connectivity index (χ3v) is 5.95. The lowest BCUT2D eigenvalue weighted by molar-refractivity contribution is -0.119. The number of primary amides is 1. The van der Waals surface area contributed by atoms with Crippen LogP contribution < -0.4 is 11.1 Å². The van der Waals surface area contributed by atoms with Crippen molar-refractivity contribution >= 4 is 33.4 Å². The first-order valence-electron chi connectivity index (χ1n) is 10.8. The van der Waals surface area contributed by atoms with Crippen molar-refractivity contribution in [2.75, 3.05) is 0 Å². The number of amides is 2. The molecule has 162 valence electrons. The molecular formula is C28H28N2O2. The van der Waals surface area contributed by atoms with Gasteiger partial charge in [0.2, 0.25) is 5.91 Å². The third-order valence-electron chi connectivity index (χ3n) is 5.95. The fourth-order valence-corrected chi connectivity index (χ4v) is 4.12. The highest BCUT2D eigenvalue weighted by molar-refractivity contribution is 6.03. The lowest BCUT2D eigenvalue weighted by Crippen LogP contribution is -2.45. The molecule has 32 heavy (non-hydrogen) atoms. The van der Waals surface area contributed by atoms with Gasteiger partial charge in [0.25, 0.3) is 5.91 Å². The van der Waals surface area contributed by atoms with Crippen LogP contribution in [0.3, 0.4) is 0 Å². The van der Waals surface area contributed by atoms with Crippen LogP contribution in [0.25, 0.3) is 21.5 Å². The minimum atomic E-state index is -0.820. The minimum absolute atomic E-state index is 0.000186. The van der Waals surface area contributed by atoms with Gasteiger partial charge in [-0.2, -0.15) is 0 Å². The van der Waals surface area contributed by atoms with E-state index in [0.29, 0.717) is 12.0 Å². The van der Waals surface area contributed by atoms with Crippen LogP contribution in [0, 0.1) is 0 Å².